The number of methoxy groups -OCH3 is 1. The summed E-state index contributed by atoms with van der Waals surface area (Å²) in [6, 6.07) is 14.3. The van der Waals surface area contributed by atoms with E-state index in [1.165, 1.54) is 30.4 Å². The predicted molar refractivity (Wildman–Crippen MR) is 130 cm³/mol. The fourth-order valence-electron chi connectivity index (χ4n) is 5.01. The molecule has 1 aliphatic heterocycles. The predicted octanol–water partition coefficient (Wildman–Crippen LogP) is 4.76. The highest BCUT2D eigenvalue weighted by molar-refractivity contribution is 7.92. The standard InChI is InChI=1S/C26H28N2O4S/c1-32-24-14-12-20(17-22(24)26(29)28-15-4-2-3-5-16-28)33(30,31)27-23-13-11-19-10-9-18-7-6-8-21(23)25(18)19/h6-8,11-14,17,27H,2-5,9-10,15-16H2,1H3. The van der Waals surface area contributed by atoms with Crippen molar-refractivity contribution in [3.05, 3.63) is 65.2 Å². The van der Waals surface area contributed by atoms with Gasteiger partial charge >= 0.3 is 0 Å². The Labute approximate surface area is 194 Å². The van der Waals surface area contributed by atoms with Crippen molar-refractivity contribution in [2.24, 2.45) is 0 Å². The zero-order valence-corrected chi connectivity index (χ0v) is 19.6. The third-order valence-electron chi connectivity index (χ3n) is 6.73. The van der Waals surface area contributed by atoms with E-state index >= 15 is 0 Å². The maximum absolute atomic E-state index is 13.4. The van der Waals surface area contributed by atoms with Gasteiger partial charge in [-0.1, -0.05) is 37.1 Å². The van der Waals surface area contributed by atoms with Crippen LogP contribution in [0.3, 0.4) is 0 Å². The van der Waals surface area contributed by atoms with Gasteiger partial charge in [0.05, 0.1) is 23.3 Å². The summed E-state index contributed by atoms with van der Waals surface area (Å²) in [6.45, 7) is 1.36. The number of rotatable bonds is 5. The molecular weight excluding hydrogens is 436 g/mol. The van der Waals surface area contributed by atoms with Gasteiger partial charge < -0.3 is 9.64 Å². The summed E-state index contributed by atoms with van der Waals surface area (Å²) in [7, 11) is -2.41. The number of hydrogen-bond acceptors (Lipinski definition) is 4. The van der Waals surface area contributed by atoms with Gasteiger partial charge in [-0.3, -0.25) is 9.52 Å². The Bertz CT molecular complexity index is 1320. The molecule has 2 aliphatic rings. The minimum Gasteiger partial charge on any atom is -0.496 e. The Morgan fingerprint density at radius 3 is 2.39 bits per heavy atom. The first-order valence-electron chi connectivity index (χ1n) is 11.5. The van der Waals surface area contributed by atoms with Gasteiger partial charge in [0.2, 0.25) is 0 Å². The van der Waals surface area contributed by atoms with Crippen LogP contribution in [0.4, 0.5) is 5.69 Å². The summed E-state index contributed by atoms with van der Waals surface area (Å²) >= 11 is 0. The van der Waals surface area contributed by atoms with Crippen molar-refractivity contribution in [2.75, 3.05) is 24.9 Å². The van der Waals surface area contributed by atoms with Gasteiger partial charge in [0.15, 0.2) is 0 Å². The summed E-state index contributed by atoms with van der Waals surface area (Å²) in [6.07, 6.45) is 6.07. The van der Waals surface area contributed by atoms with Gasteiger partial charge in [-0.05, 0) is 66.5 Å². The molecule has 1 saturated heterocycles. The van der Waals surface area contributed by atoms with Gasteiger partial charge in [-0.15, -0.1) is 0 Å². The molecule has 0 atom stereocenters. The van der Waals surface area contributed by atoms with Crippen molar-refractivity contribution < 1.29 is 17.9 Å². The second-order valence-corrected chi connectivity index (χ2v) is 10.5. The molecule has 1 amide bonds. The number of nitrogens with zero attached hydrogens (tertiary/aromatic N) is 1. The van der Waals surface area contributed by atoms with Crippen LogP contribution in [-0.4, -0.2) is 39.4 Å². The van der Waals surface area contributed by atoms with E-state index in [-0.39, 0.29) is 16.4 Å². The first-order valence-corrected chi connectivity index (χ1v) is 13.0. The van der Waals surface area contributed by atoms with Gasteiger partial charge in [0.25, 0.3) is 15.9 Å². The maximum atomic E-state index is 13.4. The van der Waals surface area contributed by atoms with Gasteiger partial charge in [-0.2, -0.15) is 0 Å². The molecular formula is C26H28N2O4S. The molecule has 6 nitrogen and oxygen atoms in total. The SMILES string of the molecule is COc1ccc(S(=O)(=O)Nc2ccc3c4c(cccc24)CC3)cc1C(=O)N1CCCCCC1. The Kier molecular flexibility index (Phi) is 5.74. The van der Waals surface area contributed by atoms with Gasteiger partial charge in [-0.25, -0.2) is 8.42 Å². The minimum atomic E-state index is -3.91. The van der Waals surface area contributed by atoms with E-state index in [2.05, 4.69) is 10.8 Å². The number of sulfonamides is 1. The molecule has 33 heavy (non-hydrogen) atoms. The van der Waals surface area contributed by atoms with Crippen LogP contribution in [0.1, 0.15) is 47.2 Å². The Hall–Kier alpha value is -3.06. The molecule has 0 saturated carbocycles. The monoisotopic (exact) mass is 464 g/mol. The molecule has 0 aromatic heterocycles. The Balaban J connectivity index is 1.50. The molecule has 0 unspecified atom stereocenters. The van der Waals surface area contributed by atoms with E-state index < -0.39 is 10.0 Å². The molecule has 3 aromatic rings. The molecule has 0 bridgehead atoms. The van der Waals surface area contributed by atoms with E-state index in [0.717, 1.165) is 49.3 Å². The second-order valence-electron chi connectivity index (χ2n) is 8.79. The van der Waals surface area contributed by atoms with E-state index in [4.69, 9.17) is 4.74 Å². The Morgan fingerprint density at radius 1 is 0.939 bits per heavy atom. The first kappa shape index (κ1) is 21.8. The van der Waals surface area contributed by atoms with E-state index in [9.17, 15) is 13.2 Å². The van der Waals surface area contributed by atoms with Crippen molar-refractivity contribution in [1.82, 2.24) is 4.90 Å². The number of benzene rings is 3. The molecule has 1 N–H and O–H groups in total. The van der Waals surface area contributed by atoms with Crippen LogP contribution in [0.5, 0.6) is 5.75 Å². The first-order chi connectivity index (χ1) is 16.0. The lowest BCUT2D eigenvalue weighted by atomic mass is 10.0. The molecule has 172 valence electrons. The summed E-state index contributed by atoms with van der Waals surface area (Å²) in [5.41, 5.74) is 3.33. The lowest BCUT2D eigenvalue weighted by molar-refractivity contribution is 0.0758. The molecule has 7 heteroatoms. The van der Waals surface area contributed by atoms with E-state index in [1.54, 1.807) is 11.0 Å². The topological polar surface area (TPSA) is 75.7 Å². The van der Waals surface area contributed by atoms with Crippen LogP contribution in [-0.2, 0) is 22.9 Å². The minimum absolute atomic E-state index is 0.0460. The maximum Gasteiger partial charge on any atom is 0.261 e. The molecule has 0 radical (unpaired) electrons. The normalized spacial score (nSPS) is 16.0. The second kappa shape index (κ2) is 8.71. The van der Waals surface area contributed by atoms with Crippen molar-refractivity contribution >= 4 is 32.4 Å². The molecule has 1 fully saturated rings. The van der Waals surface area contributed by atoms with Crippen molar-refractivity contribution in [2.45, 2.75) is 43.4 Å². The lowest BCUT2D eigenvalue weighted by Gasteiger charge is -2.22. The fraction of sp³-hybridized carbons (Fsp3) is 0.346. The molecule has 1 heterocycles. The van der Waals surface area contributed by atoms with Crippen LogP contribution < -0.4 is 9.46 Å². The number of likely N-dealkylation sites (tertiary alicyclic amines) is 1. The number of amides is 1. The highest BCUT2D eigenvalue weighted by atomic mass is 32.2. The largest absolute Gasteiger partial charge is 0.496 e. The molecule has 1 aliphatic carbocycles. The quantitative estimate of drug-likeness (QED) is 0.591. The van der Waals surface area contributed by atoms with E-state index in [0.29, 0.717) is 24.5 Å². The zero-order valence-electron chi connectivity index (χ0n) is 18.8. The number of carbonyl (C=O) groups is 1. The van der Waals surface area contributed by atoms with Crippen LogP contribution in [0.15, 0.2) is 53.4 Å². The lowest BCUT2D eigenvalue weighted by Crippen LogP contribution is -2.32. The van der Waals surface area contributed by atoms with Gasteiger partial charge in [0.1, 0.15) is 5.75 Å². The third kappa shape index (κ3) is 4.06. The fourth-order valence-corrected chi connectivity index (χ4v) is 6.11. The number of aryl methyl sites for hydroxylation is 2. The smallest absolute Gasteiger partial charge is 0.261 e. The number of ether oxygens (including phenoxy) is 1. The van der Waals surface area contributed by atoms with Crippen LogP contribution in [0.2, 0.25) is 0 Å². The summed E-state index contributed by atoms with van der Waals surface area (Å²) < 4.78 is 34.9. The third-order valence-corrected chi connectivity index (χ3v) is 8.09. The highest BCUT2D eigenvalue weighted by Crippen LogP contribution is 2.36. The highest BCUT2D eigenvalue weighted by Gasteiger charge is 2.25. The number of hydrogen-bond donors (Lipinski definition) is 1. The molecule has 3 aromatic carbocycles. The van der Waals surface area contributed by atoms with Crippen molar-refractivity contribution in [3.8, 4) is 5.75 Å². The van der Waals surface area contributed by atoms with Crippen LogP contribution >= 0.6 is 0 Å². The average molecular weight is 465 g/mol. The molecule has 0 spiro atoms. The van der Waals surface area contributed by atoms with Crippen molar-refractivity contribution in [3.63, 3.8) is 0 Å². The zero-order chi connectivity index (χ0) is 23.0. The Morgan fingerprint density at radius 2 is 1.67 bits per heavy atom. The van der Waals surface area contributed by atoms with Gasteiger partial charge in [0, 0.05) is 18.5 Å². The van der Waals surface area contributed by atoms with Crippen molar-refractivity contribution in [1.29, 1.82) is 0 Å². The average Bonchev–Trinajstić information content (AvgIpc) is 3.06. The summed E-state index contributed by atoms with van der Waals surface area (Å²) in [4.78, 5) is 15.1. The summed E-state index contributed by atoms with van der Waals surface area (Å²) in [5, 5.41) is 2.05. The molecule has 5 rings (SSSR count). The van der Waals surface area contributed by atoms with Crippen LogP contribution in [0, 0.1) is 0 Å². The van der Waals surface area contributed by atoms with E-state index in [1.807, 2.05) is 24.3 Å². The number of nitrogens with one attached hydrogen (secondary N) is 1. The summed E-state index contributed by atoms with van der Waals surface area (Å²) in [5.74, 6) is 0.199. The van der Waals surface area contributed by atoms with Crippen LogP contribution in [0.25, 0.3) is 10.8 Å². The number of carbonyl (C=O) groups excluding carboxylic acids is 1. The number of anilines is 1.